The minimum absolute atomic E-state index is 0.487. The molecule has 0 unspecified atom stereocenters. The van der Waals surface area contributed by atoms with Crippen molar-refractivity contribution < 1.29 is 0 Å². The van der Waals surface area contributed by atoms with Gasteiger partial charge in [-0.1, -0.05) is 0 Å². The first kappa shape index (κ1) is 6.95. The van der Waals surface area contributed by atoms with Crippen molar-refractivity contribution in [2.24, 2.45) is 0 Å². The number of rotatable bonds is 0. The summed E-state index contributed by atoms with van der Waals surface area (Å²) in [6.07, 6.45) is 1.28. The van der Waals surface area contributed by atoms with Crippen LogP contribution in [0.1, 0.15) is 6.42 Å². The Morgan fingerprint density at radius 1 is 1.20 bits per heavy atom. The summed E-state index contributed by atoms with van der Waals surface area (Å²) in [7, 11) is 0. The van der Waals surface area contributed by atoms with Crippen LogP contribution in [0.2, 0.25) is 0 Å². The third-order valence-electron chi connectivity index (χ3n) is 2.25. The van der Waals surface area contributed by atoms with Crippen molar-refractivity contribution in [3.63, 3.8) is 0 Å². The molecule has 0 aromatic rings. The molecule has 2 aliphatic heterocycles. The molecule has 0 bridgehead atoms. The van der Waals surface area contributed by atoms with Crippen molar-refractivity contribution in [2.75, 3.05) is 31.1 Å². The first-order chi connectivity index (χ1) is 4.91. The second-order valence-corrected chi connectivity index (χ2v) is 4.22. The molecule has 2 aliphatic rings. The Bertz CT molecular complexity index is 113. The molecular weight excluding hydrogens is 144 g/mol. The molecule has 2 rings (SSSR count). The van der Waals surface area contributed by atoms with Gasteiger partial charge < -0.3 is 10.6 Å². The van der Waals surface area contributed by atoms with Gasteiger partial charge in [0.05, 0.1) is 0 Å². The van der Waals surface area contributed by atoms with Crippen LogP contribution in [0.5, 0.6) is 0 Å². The van der Waals surface area contributed by atoms with Crippen molar-refractivity contribution in [1.29, 1.82) is 0 Å². The van der Waals surface area contributed by atoms with Crippen molar-refractivity contribution in [3.05, 3.63) is 0 Å². The van der Waals surface area contributed by atoms with Gasteiger partial charge in [0.1, 0.15) is 0 Å². The fraction of sp³-hybridized carbons (Fsp3) is 1.00. The van der Waals surface area contributed by atoms with Gasteiger partial charge in [0.15, 0.2) is 0 Å². The minimum Gasteiger partial charge on any atom is -0.315 e. The lowest BCUT2D eigenvalue weighted by Gasteiger charge is -2.41. The van der Waals surface area contributed by atoms with Crippen LogP contribution in [-0.4, -0.2) is 36.7 Å². The zero-order chi connectivity index (χ0) is 6.86. The van der Waals surface area contributed by atoms with Crippen LogP contribution < -0.4 is 10.6 Å². The van der Waals surface area contributed by atoms with Gasteiger partial charge in [0.25, 0.3) is 0 Å². The second kappa shape index (κ2) is 2.72. The Labute approximate surface area is 66.1 Å². The molecular formula is C7H14N2S. The normalized spacial score (nSPS) is 31.2. The summed E-state index contributed by atoms with van der Waals surface area (Å²) in [5.41, 5.74) is 0.487. The Morgan fingerprint density at radius 2 is 2.10 bits per heavy atom. The van der Waals surface area contributed by atoms with E-state index in [1.807, 2.05) is 11.8 Å². The fourth-order valence-corrected chi connectivity index (χ4v) is 2.61. The van der Waals surface area contributed by atoms with E-state index in [9.17, 15) is 0 Å². The predicted molar refractivity (Wildman–Crippen MR) is 45.5 cm³/mol. The highest BCUT2D eigenvalue weighted by atomic mass is 32.2. The number of hydrogen-bond donors (Lipinski definition) is 2. The van der Waals surface area contributed by atoms with E-state index < -0.39 is 0 Å². The maximum absolute atomic E-state index is 3.61. The number of nitrogens with one attached hydrogen (secondary N) is 2. The Morgan fingerprint density at radius 3 is 2.80 bits per heavy atom. The average Bonchev–Trinajstić information content (AvgIpc) is 2.08. The fourth-order valence-electron chi connectivity index (χ4n) is 1.51. The summed E-state index contributed by atoms with van der Waals surface area (Å²) in [4.78, 5) is 0. The van der Waals surface area contributed by atoms with E-state index in [1.54, 1.807) is 0 Å². The van der Waals surface area contributed by atoms with Gasteiger partial charge in [0.2, 0.25) is 0 Å². The molecule has 0 saturated carbocycles. The quantitative estimate of drug-likeness (QED) is 0.521. The van der Waals surface area contributed by atoms with Crippen molar-refractivity contribution in [1.82, 2.24) is 10.6 Å². The summed E-state index contributed by atoms with van der Waals surface area (Å²) in [5.74, 6) is 2.61. The monoisotopic (exact) mass is 158 g/mol. The smallest absolute Gasteiger partial charge is 0.0489 e. The molecule has 1 spiro atoms. The van der Waals surface area contributed by atoms with Gasteiger partial charge in [-0.2, -0.15) is 11.8 Å². The van der Waals surface area contributed by atoms with E-state index in [0.29, 0.717) is 5.54 Å². The van der Waals surface area contributed by atoms with Crippen LogP contribution in [0.4, 0.5) is 0 Å². The first-order valence-corrected chi connectivity index (χ1v) is 5.10. The molecule has 2 N–H and O–H groups in total. The molecule has 2 heterocycles. The SMILES string of the molecule is C1CNCC2(CSC2)NC1. The molecule has 0 atom stereocenters. The standard InChI is InChI=1S/C7H14N2S/c1-2-8-4-7(9-3-1)5-10-6-7/h8-9H,1-6H2. The molecule has 58 valence electrons. The van der Waals surface area contributed by atoms with Gasteiger partial charge in [-0.05, 0) is 19.5 Å². The lowest BCUT2D eigenvalue weighted by atomic mass is 10.1. The molecule has 0 aromatic heterocycles. The topological polar surface area (TPSA) is 24.1 Å². The average molecular weight is 158 g/mol. The molecule has 2 saturated heterocycles. The maximum Gasteiger partial charge on any atom is 0.0489 e. The molecule has 0 aliphatic carbocycles. The minimum atomic E-state index is 0.487. The predicted octanol–water partition coefficient (Wildman–Crippen LogP) is 0.0549. The second-order valence-electron chi connectivity index (χ2n) is 3.23. The Balaban J connectivity index is 1.92. The van der Waals surface area contributed by atoms with Crippen LogP contribution in [0.3, 0.4) is 0 Å². The lowest BCUT2D eigenvalue weighted by Crippen LogP contribution is -2.60. The number of hydrogen-bond acceptors (Lipinski definition) is 3. The highest BCUT2D eigenvalue weighted by Crippen LogP contribution is 2.29. The summed E-state index contributed by atoms with van der Waals surface area (Å²) < 4.78 is 0. The molecule has 2 fully saturated rings. The Hall–Kier alpha value is 0.270. The van der Waals surface area contributed by atoms with E-state index >= 15 is 0 Å². The molecule has 0 radical (unpaired) electrons. The third-order valence-corrected chi connectivity index (χ3v) is 3.76. The van der Waals surface area contributed by atoms with Gasteiger partial charge in [-0.25, -0.2) is 0 Å². The van der Waals surface area contributed by atoms with Crippen LogP contribution >= 0.6 is 11.8 Å². The van der Waals surface area contributed by atoms with Gasteiger partial charge >= 0.3 is 0 Å². The Kier molecular flexibility index (Phi) is 1.89. The summed E-state index contributed by atoms with van der Waals surface area (Å²) in [5, 5.41) is 7.08. The van der Waals surface area contributed by atoms with E-state index in [1.165, 1.54) is 37.6 Å². The van der Waals surface area contributed by atoms with Crippen molar-refractivity contribution in [2.45, 2.75) is 12.0 Å². The summed E-state index contributed by atoms with van der Waals surface area (Å²) in [6, 6.07) is 0. The molecule has 2 nitrogen and oxygen atoms in total. The zero-order valence-electron chi connectivity index (χ0n) is 6.15. The van der Waals surface area contributed by atoms with Crippen LogP contribution in [0.15, 0.2) is 0 Å². The van der Waals surface area contributed by atoms with Gasteiger partial charge in [0, 0.05) is 23.6 Å². The van der Waals surface area contributed by atoms with Gasteiger partial charge in [-0.15, -0.1) is 0 Å². The largest absolute Gasteiger partial charge is 0.315 e. The van der Waals surface area contributed by atoms with Crippen LogP contribution in [-0.2, 0) is 0 Å². The van der Waals surface area contributed by atoms with Crippen molar-refractivity contribution in [3.8, 4) is 0 Å². The molecule has 0 amide bonds. The van der Waals surface area contributed by atoms with E-state index in [0.717, 1.165) is 0 Å². The molecule has 10 heavy (non-hydrogen) atoms. The van der Waals surface area contributed by atoms with Crippen LogP contribution in [0, 0.1) is 0 Å². The maximum atomic E-state index is 3.61. The van der Waals surface area contributed by atoms with E-state index in [4.69, 9.17) is 0 Å². The summed E-state index contributed by atoms with van der Waals surface area (Å²) in [6.45, 7) is 3.58. The summed E-state index contributed by atoms with van der Waals surface area (Å²) >= 11 is 2.05. The third kappa shape index (κ3) is 1.18. The lowest BCUT2D eigenvalue weighted by molar-refractivity contribution is 0.397. The first-order valence-electron chi connectivity index (χ1n) is 3.95. The van der Waals surface area contributed by atoms with Crippen molar-refractivity contribution >= 4 is 11.8 Å². The van der Waals surface area contributed by atoms with Gasteiger partial charge in [-0.3, -0.25) is 0 Å². The molecule has 0 aromatic carbocycles. The highest BCUT2D eigenvalue weighted by Gasteiger charge is 2.37. The zero-order valence-corrected chi connectivity index (χ0v) is 6.97. The van der Waals surface area contributed by atoms with E-state index in [-0.39, 0.29) is 0 Å². The highest BCUT2D eigenvalue weighted by molar-refractivity contribution is 8.00. The molecule has 3 heteroatoms. The van der Waals surface area contributed by atoms with E-state index in [2.05, 4.69) is 10.6 Å². The van der Waals surface area contributed by atoms with Crippen LogP contribution in [0.25, 0.3) is 0 Å². The number of thioether (sulfide) groups is 1.